The molecule has 1 fully saturated rings. The van der Waals surface area contributed by atoms with E-state index in [-0.39, 0.29) is 5.91 Å². The van der Waals surface area contributed by atoms with Gasteiger partial charge in [0.2, 0.25) is 0 Å². The highest BCUT2D eigenvalue weighted by Crippen LogP contribution is 2.23. The van der Waals surface area contributed by atoms with E-state index in [1.165, 1.54) is 6.42 Å². The topological polar surface area (TPSA) is 50.4 Å². The summed E-state index contributed by atoms with van der Waals surface area (Å²) in [6.07, 6.45) is 3.10. The zero-order valence-corrected chi connectivity index (χ0v) is 13.2. The molecule has 1 saturated heterocycles. The van der Waals surface area contributed by atoms with Crippen molar-refractivity contribution in [2.24, 2.45) is 5.92 Å². The van der Waals surface area contributed by atoms with Crippen LogP contribution in [0.3, 0.4) is 0 Å². The SMILES string of the molecule is CCCOc1ccc(Cl)cc1C(=O)NCCC1CCNC1. The highest BCUT2D eigenvalue weighted by atomic mass is 35.5. The number of hydrogen-bond donors (Lipinski definition) is 2. The first-order valence-corrected chi connectivity index (χ1v) is 7.99. The third-order valence-electron chi connectivity index (χ3n) is 3.65. The zero-order valence-electron chi connectivity index (χ0n) is 12.5. The Morgan fingerprint density at radius 1 is 1.52 bits per heavy atom. The summed E-state index contributed by atoms with van der Waals surface area (Å²) in [4.78, 5) is 12.3. The molecule has 0 radical (unpaired) electrons. The van der Waals surface area contributed by atoms with Crippen molar-refractivity contribution in [3.05, 3.63) is 28.8 Å². The van der Waals surface area contributed by atoms with Crippen LogP contribution in [0.5, 0.6) is 5.75 Å². The first-order chi connectivity index (χ1) is 10.2. The van der Waals surface area contributed by atoms with E-state index in [2.05, 4.69) is 10.6 Å². The Morgan fingerprint density at radius 2 is 2.38 bits per heavy atom. The van der Waals surface area contributed by atoms with Gasteiger partial charge in [0, 0.05) is 11.6 Å². The predicted octanol–water partition coefficient (Wildman–Crippen LogP) is 2.86. The molecule has 0 saturated carbocycles. The van der Waals surface area contributed by atoms with Crippen molar-refractivity contribution in [2.75, 3.05) is 26.2 Å². The van der Waals surface area contributed by atoms with E-state index >= 15 is 0 Å². The van der Waals surface area contributed by atoms with Gasteiger partial charge in [-0.3, -0.25) is 4.79 Å². The van der Waals surface area contributed by atoms with Gasteiger partial charge in [0.05, 0.1) is 12.2 Å². The Balaban J connectivity index is 1.91. The van der Waals surface area contributed by atoms with Crippen molar-refractivity contribution in [1.29, 1.82) is 0 Å². The normalized spacial score (nSPS) is 17.7. The Morgan fingerprint density at radius 3 is 3.10 bits per heavy atom. The van der Waals surface area contributed by atoms with Crippen molar-refractivity contribution in [1.82, 2.24) is 10.6 Å². The standard InChI is InChI=1S/C16H23ClN2O2/c1-2-9-21-15-4-3-13(17)10-14(15)16(20)19-8-6-12-5-7-18-11-12/h3-4,10,12,18H,2,5-9,11H2,1H3,(H,19,20). The van der Waals surface area contributed by atoms with Gasteiger partial charge in [0.15, 0.2) is 0 Å². The molecule has 0 aromatic heterocycles. The second kappa shape index (κ2) is 8.25. The van der Waals surface area contributed by atoms with Gasteiger partial charge in [-0.1, -0.05) is 18.5 Å². The van der Waals surface area contributed by atoms with Crippen LogP contribution in [0, 0.1) is 5.92 Å². The summed E-state index contributed by atoms with van der Waals surface area (Å²) in [5.41, 5.74) is 0.514. The van der Waals surface area contributed by atoms with Crippen molar-refractivity contribution in [3.8, 4) is 5.75 Å². The fraction of sp³-hybridized carbons (Fsp3) is 0.562. The molecule has 0 aliphatic carbocycles. The number of carbonyl (C=O) groups is 1. The molecule has 0 bridgehead atoms. The molecule has 1 unspecified atom stereocenters. The lowest BCUT2D eigenvalue weighted by Crippen LogP contribution is -2.27. The number of hydrogen-bond acceptors (Lipinski definition) is 3. The fourth-order valence-corrected chi connectivity index (χ4v) is 2.64. The minimum Gasteiger partial charge on any atom is -0.493 e. The van der Waals surface area contributed by atoms with Gasteiger partial charge in [-0.15, -0.1) is 0 Å². The highest BCUT2D eigenvalue weighted by Gasteiger charge is 2.16. The summed E-state index contributed by atoms with van der Waals surface area (Å²) >= 11 is 5.99. The smallest absolute Gasteiger partial charge is 0.255 e. The molecule has 1 heterocycles. The summed E-state index contributed by atoms with van der Waals surface area (Å²) in [6, 6.07) is 5.17. The molecule has 0 spiro atoms. The van der Waals surface area contributed by atoms with Crippen molar-refractivity contribution < 1.29 is 9.53 Å². The lowest BCUT2D eigenvalue weighted by atomic mass is 10.1. The second-order valence-corrected chi connectivity index (χ2v) is 5.83. The molecular formula is C16H23ClN2O2. The van der Waals surface area contributed by atoms with Gasteiger partial charge in [-0.05, 0) is 56.5 Å². The quantitative estimate of drug-likeness (QED) is 0.814. The fourth-order valence-electron chi connectivity index (χ4n) is 2.46. The maximum Gasteiger partial charge on any atom is 0.255 e. The van der Waals surface area contributed by atoms with Crippen molar-refractivity contribution in [3.63, 3.8) is 0 Å². The van der Waals surface area contributed by atoms with Crippen molar-refractivity contribution in [2.45, 2.75) is 26.2 Å². The van der Waals surface area contributed by atoms with Gasteiger partial charge >= 0.3 is 0 Å². The molecule has 1 aliphatic heterocycles. The molecule has 5 heteroatoms. The number of carbonyl (C=O) groups excluding carboxylic acids is 1. The molecule has 1 aromatic carbocycles. The number of halogens is 1. The summed E-state index contributed by atoms with van der Waals surface area (Å²) < 4.78 is 5.61. The molecule has 4 nitrogen and oxygen atoms in total. The molecule has 2 rings (SSSR count). The average Bonchev–Trinajstić information content (AvgIpc) is 2.99. The number of rotatable bonds is 7. The van der Waals surface area contributed by atoms with E-state index in [4.69, 9.17) is 16.3 Å². The minimum absolute atomic E-state index is 0.116. The van der Waals surface area contributed by atoms with E-state index in [0.717, 1.165) is 25.9 Å². The van der Waals surface area contributed by atoms with E-state index in [1.807, 2.05) is 6.92 Å². The first kappa shape index (κ1) is 16.1. The van der Waals surface area contributed by atoms with E-state index in [9.17, 15) is 4.79 Å². The van der Waals surface area contributed by atoms with Gasteiger partial charge < -0.3 is 15.4 Å². The van der Waals surface area contributed by atoms with Crippen LogP contribution in [0.4, 0.5) is 0 Å². The van der Waals surface area contributed by atoms with E-state index < -0.39 is 0 Å². The van der Waals surface area contributed by atoms with Crippen LogP contribution in [-0.2, 0) is 0 Å². The van der Waals surface area contributed by atoms with E-state index in [0.29, 0.717) is 35.4 Å². The van der Waals surface area contributed by atoms with Crippen LogP contribution in [0.2, 0.25) is 5.02 Å². The molecular weight excluding hydrogens is 288 g/mol. The molecule has 1 aromatic rings. The van der Waals surface area contributed by atoms with Crippen molar-refractivity contribution >= 4 is 17.5 Å². The van der Waals surface area contributed by atoms with Gasteiger partial charge in [0.25, 0.3) is 5.91 Å². The van der Waals surface area contributed by atoms with Crippen LogP contribution >= 0.6 is 11.6 Å². The van der Waals surface area contributed by atoms with Crippen LogP contribution in [0.1, 0.15) is 36.5 Å². The summed E-state index contributed by atoms with van der Waals surface area (Å²) in [5.74, 6) is 1.15. The molecule has 1 amide bonds. The monoisotopic (exact) mass is 310 g/mol. The summed E-state index contributed by atoms with van der Waals surface area (Å²) in [6.45, 7) is 5.45. The maximum atomic E-state index is 12.3. The van der Waals surface area contributed by atoms with Gasteiger partial charge in [-0.2, -0.15) is 0 Å². The number of nitrogens with one attached hydrogen (secondary N) is 2. The molecule has 1 atom stereocenters. The minimum atomic E-state index is -0.116. The zero-order chi connectivity index (χ0) is 15.1. The third kappa shape index (κ3) is 4.90. The first-order valence-electron chi connectivity index (χ1n) is 7.62. The summed E-state index contributed by atoms with van der Waals surface area (Å²) in [5, 5.41) is 6.84. The van der Waals surface area contributed by atoms with Crippen LogP contribution in [-0.4, -0.2) is 32.1 Å². The third-order valence-corrected chi connectivity index (χ3v) is 3.88. The van der Waals surface area contributed by atoms with Crippen LogP contribution in [0.25, 0.3) is 0 Å². The Labute approximate surface area is 131 Å². The Bertz CT molecular complexity index is 473. The largest absolute Gasteiger partial charge is 0.493 e. The average molecular weight is 311 g/mol. The second-order valence-electron chi connectivity index (χ2n) is 5.39. The maximum absolute atomic E-state index is 12.3. The highest BCUT2D eigenvalue weighted by molar-refractivity contribution is 6.31. The number of benzene rings is 1. The van der Waals surface area contributed by atoms with Crippen LogP contribution < -0.4 is 15.4 Å². The Hall–Kier alpha value is -1.26. The number of amides is 1. The van der Waals surface area contributed by atoms with Gasteiger partial charge in [0.1, 0.15) is 5.75 Å². The van der Waals surface area contributed by atoms with E-state index in [1.54, 1.807) is 18.2 Å². The molecule has 1 aliphatic rings. The molecule has 2 N–H and O–H groups in total. The van der Waals surface area contributed by atoms with Crippen LogP contribution in [0.15, 0.2) is 18.2 Å². The molecule has 21 heavy (non-hydrogen) atoms. The van der Waals surface area contributed by atoms with Gasteiger partial charge in [-0.25, -0.2) is 0 Å². The lowest BCUT2D eigenvalue weighted by molar-refractivity contribution is 0.0947. The number of ether oxygens (including phenoxy) is 1. The summed E-state index contributed by atoms with van der Waals surface area (Å²) in [7, 11) is 0. The Kier molecular flexibility index (Phi) is 6.33. The molecule has 116 valence electrons. The lowest BCUT2D eigenvalue weighted by Gasteiger charge is -2.13. The predicted molar refractivity (Wildman–Crippen MR) is 85.2 cm³/mol.